The molecule has 0 aliphatic carbocycles. The minimum absolute atomic E-state index is 1.04. The van der Waals surface area contributed by atoms with Gasteiger partial charge in [0.25, 0.3) is 0 Å². The average Bonchev–Trinajstić information content (AvgIpc) is 1.99. The zero-order chi connectivity index (χ0) is 12.9. The van der Waals surface area contributed by atoms with Crippen molar-refractivity contribution in [3.05, 3.63) is 28.8 Å². The van der Waals surface area contributed by atoms with Gasteiger partial charge in [0.1, 0.15) is 0 Å². The van der Waals surface area contributed by atoms with E-state index in [-0.39, 0.29) is 0 Å². The summed E-state index contributed by atoms with van der Waals surface area (Å²) in [5, 5.41) is 0. The van der Waals surface area contributed by atoms with E-state index >= 15 is 0 Å². The highest BCUT2D eigenvalue weighted by Crippen LogP contribution is 2.20. The number of aryl methyl sites for hydroxylation is 3. The topological polar surface area (TPSA) is 113 Å². The highest BCUT2D eigenvalue weighted by Gasteiger charge is 1.99. The summed E-state index contributed by atoms with van der Waals surface area (Å²) in [5.41, 5.74) is 7.40. The monoisotopic (exact) mass is 248 g/mol. The number of anilines is 1. The van der Waals surface area contributed by atoms with E-state index in [9.17, 15) is 0 Å². The van der Waals surface area contributed by atoms with Gasteiger partial charge in [0, 0.05) is 0 Å². The van der Waals surface area contributed by atoms with Crippen LogP contribution < -0.4 is 11.3 Å². The Morgan fingerprint density at radius 3 is 1.69 bits per heavy atom. The van der Waals surface area contributed by atoms with Crippen LogP contribution in [0.2, 0.25) is 0 Å². The molecule has 7 heteroatoms. The molecule has 0 radical (unpaired) electrons. The molecule has 1 aromatic rings. The van der Waals surface area contributed by atoms with Gasteiger partial charge in [-0.15, -0.1) is 0 Å². The highest BCUT2D eigenvalue weighted by atomic mass is 32.3. The van der Waals surface area contributed by atoms with E-state index < -0.39 is 10.4 Å². The Bertz CT molecular complexity index is 426. The van der Waals surface area contributed by atoms with E-state index in [2.05, 4.69) is 38.3 Å². The smallest absolute Gasteiger partial charge is 0.324 e. The van der Waals surface area contributed by atoms with Crippen LogP contribution in [-0.4, -0.2) is 17.5 Å². The molecule has 0 saturated heterocycles. The van der Waals surface area contributed by atoms with Gasteiger partial charge in [0.05, 0.1) is 5.69 Å². The molecule has 0 aliphatic heterocycles. The van der Waals surface area contributed by atoms with Gasteiger partial charge in [-0.1, -0.05) is 17.7 Å². The van der Waals surface area contributed by atoms with Crippen molar-refractivity contribution in [1.29, 1.82) is 0 Å². The van der Waals surface area contributed by atoms with E-state index in [0.29, 0.717) is 0 Å². The lowest BCUT2D eigenvalue weighted by molar-refractivity contribution is 0.381. The number of nitrogens with one attached hydrogen (secondary N) is 1. The first-order chi connectivity index (χ1) is 7.15. The predicted molar refractivity (Wildman–Crippen MR) is 62.6 cm³/mol. The first-order valence-corrected chi connectivity index (χ1v) is 5.79. The zero-order valence-electron chi connectivity index (χ0n) is 9.35. The van der Waals surface area contributed by atoms with Crippen LogP contribution in [0.3, 0.4) is 0 Å². The van der Waals surface area contributed by atoms with Gasteiger partial charge in [-0.2, -0.15) is 8.42 Å². The molecule has 0 heterocycles. The normalized spacial score (nSPS) is 10.4. The maximum absolute atomic E-state index is 8.74. The fraction of sp³-hybridized carbons (Fsp3) is 0.333. The van der Waals surface area contributed by atoms with E-state index in [1.165, 1.54) is 16.7 Å². The summed E-state index contributed by atoms with van der Waals surface area (Å²) in [4.78, 5) is 0. The van der Waals surface area contributed by atoms with E-state index in [1.54, 1.807) is 0 Å². The van der Waals surface area contributed by atoms with Crippen LogP contribution in [0.1, 0.15) is 16.7 Å². The molecule has 0 aliphatic rings. The molecule has 0 atom stereocenters. The first kappa shape index (κ1) is 14.8. The van der Waals surface area contributed by atoms with Crippen LogP contribution in [-0.2, 0) is 10.4 Å². The first-order valence-electron chi connectivity index (χ1n) is 4.39. The van der Waals surface area contributed by atoms with E-state index in [1.807, 2.05) is 0 Å². The molecule has 1 aromatic carbocycles. The Kier molecular flexibility index (Phi) is 5.39. The quantitative estimate of drug-likeness (QED) is 0.338. The standard InChI is InChI=1S/C9H14N2.H2O4S/c1-6-4-7(2)9(11-10)8(3)5-6;1-5(2,3)4/h4-5,11H,10H2,1-3H3;(H2,1,2,3,4). The van der Waals surface area contributed by atoms with Crippen molar-refractivity contribution in [3.63, 3.8) is 0 Å². The van der Waals surface area contributed by atoms with Crippen LogP contribution in [0.25, 0.3) is 0 Å². The molecule has 0 unspecified atom stereocenters. The summed E-state index contributed by atoms with van der Waals surface area (Å²) in [5.74, 6) is 5.35. The Morgan fingerprint density at radius 2 is 1.44 bits per heavy atom. The van der Waals surface area contributed by atoms with Crippen LogP contribution in [0, 0.1) is 20.8 Å². The predicted octanol–water partition coefficient (Wildman–Crippen LogP) is 1.24. The third-order valence-corrected chi connectivity index (χ3v) is 1.82. The lowest BCUT2D eigenvalue weighted by atomic mass is 10.1. The molecule has 16 heavy (non-hydrogen) atoms. The second-order valence-electron chi connectivity index (χ2n) is 3.37. The summed E-state index contributed by atoms with van der Waals surface area (Å²) in [6.07, 6.45) is 0. The molecule has 0 saturated carbocycles. The van der Waals surface area contributed by atoms with Crippen LogP contribution in [0.4, 0.5) is 5.69 Å². The number of hydrazine groups is 1. The fourth-order valence-corrected chi connectivity index (χ4v) is 1.41. The molecule has 0 fully saturated rings. The molecule has 6 nitrogen and oxygen atoms in total. The second-order valence-corrected chi connectivity index (χ2v) is 4.26. The Morgan fingerprint density at radius 1 is 1.12 bits per heavy atom. The van der Waals surface area contributed by atoms with Gasteiger partial charge < -0.3 is 5.43 Å². The van der Waals surface area contributed by atoms with Crippen molar-refractivity contribution in [1.82, 2.24) is 0 Å². The largest absolute Gasteiger partial charge is 0.394 e. The molecule has 1 rings (SSSR count). The van der Waals surface area contributed by atoms with Crippen molar-refractivity contribution in [2.45, 2.75) is 20.8 Å². The lowest BCUT2D eigenvalue weighted by Gasteiger charge is -2.09. The number of nitrogen functional groups attached to an aromatic ring is 1. The average molecular weight is 248 g/mol. The van der Waals surface area contributed by atoms with Crippen molar-refractivity contribution < 1.29 is 17.5 Å². The van der Waals surface area contributed by atoms with E-state index in [4.69, 9.17) is 23.4 Å². The zero-order valence-corrected chi connectivity index (χ0v) is 10.2. The molecule has 5 N–H and O–H groups in total. The Balaban J connectivity index is 0.000000385. The Hall–Kier alpha value is -1.15. The highest BCUT2D eigenvalue weighted by molar-refractivity contribution is 7.79. The molecule has 0 amide bonds. The maximum atomic E-state index is 8.74. The SMILES string of the molecule is Cc1cc(C)c(NN)c(C)c1.O=S(=O)(O)O. The fourth-order valence-electron chi connectivity index (χ4n) is 1.41. The number of benzene rings is 1. The van der Waals surface area contributed by atoms with Crippen LogP contribution >= 0.6 is 0 Å². The van der Waals surface area contributed by atoms with Gasteiger partial charge in [0.15, 0.2) is 0 Å². The van der Waals surface area contributed by atoms with Gasteiger partial charge in [-0.3, -0.25) is 14.9 Å². The van der Waals surface area contributed by atoms with E-state index in [0.717, 1.165) is 5.69 Å². The Labute approximate surface area is 95.0 Å². The maximum Gasteiger partial charge on any atom is 0.394 e. The number of rotatable bonds is 1. The van der Waals surface area contributed by atoms with Crippen molar-refractivity contribution >= 4 is 16.1 Å². The lowest BCUT2D eigenvalue weighted by Crippen LogP contribution is -2.09. The van der Waals surface area contributed by atoms with Crippen LogP contribution in [0.15, 0.2) is 12.1 Å². The summed E-state index contributed by atoms with van der Waals surface area (Å²) in [6, 6.07) is 4.23. The van der Waals surface area contributed by atoms with Gasteiger partial charge in [0.2, 0.25) is 0 Å². The summed E-state index contributed by atoms with van der Waals surface area (Å²) < 4.78 is 31.6. The number of hydrogen-bond donors (Lipinski definition) is 4. The van der Waals surface area contributed by atoms with Crippen molar-refractivity contribution in [3.8, 4) is 0 Å². The number of nitrogens with two attached hydrogens (primary N) is 1. The van der Waals surface area contributed by atoms with Gasteiger partial charge in [-0.05, 0) is 31.9 Å². The minimum Gasteiger partial charge on any atom is -0.324 e. The molecule has 0 aromatic heterocycles. The summed E-state index contributed by atoms with van der Waals surface area (Å²) in [7, 11) is -4.67. The van der Waals surface area contributed by atoms with Crippen molar-refractivity contribution in [2.24, 2.45) is 5.84 Å². The summed E-state index contributed by atoms with van der Waals surface area (Å²) >= 11 is 0. The van der Waals surface area contributed by atoms with Crippen molar-refractivity contribution in [2.75, 3.05) is 5.43 Å². The molecule has 0 spiro atoms. The molecular formula is C9H16N2O4S. The third kappa shape index (κ3) is 6.36. The van der Waals surface area contributed by atoms with Gasteiger partial charge >= 0.3 is 10.4 Å². The molecule has 0 bridgehead atoms. The van der Waals surface area contributed by atoms with Gasteiger partial charge in [-0.25, -0.2) is 0 Å². The second kappa shape index (κ2) is 5.80. The minimum atomic E-state index is -4.67. The molecule has 92 valence electrons. The van der Waals surface area contributed by atoms with Crippen LogP contribution in [0.5, 0.6) is 0 Å². The molecular weight excluding hydrogens is 232 g/mol. The number of hydrogen-bond acceptors (Lipinski definition) is 4. The summed E-state index contributed by atoms with van der Waals surface area (Å²) in [6.45, 7) is 6.19. The third-order valence-electron chi connectivity index (χ3n) is 1.82.